The first kappa shape index (κ1) is 9.71. The molecule has 0 aliphatic carbocycles. The Morgan fingerprint density at radius 1 is 1.33 bits per heavy atom. The van der Waals surface area contributed by atoms with Crippen LogP contribution in [0.1, 0.15) is 18.1 Å². The van der Waals surface area contributed by atoms with Crippen LogP contribution < -0.4 is 5.73 Å². The normalized spacial score (nSPS) is 12.9. The number of rotatable bonds is 3. The van der Waals surface area contributed by atoms with Gasteiger partial charge in [-0.15, -0.1) is 0 Å². The molecule has 0 amide bonds. The second-order valence-electron chi connectivity index (χ2n) is 2.64. The molecule has 0 aliphatic heterocycles. The van der Waals surface area contributed by atoms with E-state index in [0.29, 0.717) is 13.0 Å². The van der Waals surface area contributed by atoms with E-state index in [2.05, 4.69) is 15.9 Å². The monoisotopic (exact) mass is 229 g/mol. The van der Waals surface area contributed by atoms with Crippen molar-refractivity contribution in [2.45, 2.75) is 12.5 Å². The fraction of sp³-hybridized carbons (Fsp3) is 0.333. The van der Waals surface area contributed by atoms with Gasteiger partial charge in [-0.25, -0.2) is 0 Å². The molecule has 0 radical (unpaired) electrons. The van der Waals surface area contributed by atoms with Gasteiger partial charge in [0.15, 0.2) is 0 Å². The molecular formula is C9H12BrNO. The molecule has 0 fully saturated rings. The molecule has 0 unspecified atom stereocenters. The fourth-order valence-corrected chi connectivity index (χ4v) is 1.27. The summed E-state index contributed by atoms with van der Waals surface area (Å²) in [6.45, 7) is 0.511. The summed E-state index contributed by atoms with van der Waals surface area (Å²) in [5, 5.41) is 9.52. The number of nitrogens with two attached hydrogens (primary N) is 1. The van der Waals surface area contributed by atoms with Crippen molar-refractivity contribution in [3.05, 3.63) is 34.3 Å². The maximum atomic E-state index is 9.52. The Labute approximate surface area is 80.5 Å². The minimum atomic E-state index is -0.428. The van der Waals surface area contributed by atoms with Gasteiger partial charge in [-0.1, -0.05) is 28.1 Å². The van der Waals surface area contributed by atoms with Crippen LogP contribution in [-0.2, 0) is 0 Å². The largest absolute Gasteiger partial charge is 0.388 e. The second kappa shape index (κ2) is 4.60. The van der Waals surface area contributed by atoms with E-state index in [0.717, 1.165) is 10.0 Å². The highest BCUT2D eigenvalue weighted by atomic mass is 79.9. The van der Waals surface area contributed by atoms with Crippen LogP contribution in [0.5, 0.6) is 0 Å². The number of aliphatic hydroxyl groups excluding tert-OH is 1. The Hall–Kier alpha value is -0.380. The maximum absolute atomic E-state index is 9.52. The minimum absolute atomic E-state index is 0.428. The van der Waals surface area contributed by atoms with Crippen molar-refractivity contribution in [3.63, 3.8) is 0 Å². The summed E-state index contributed by atoms with van der Waals surface area (Å²) in [6, 6.07) is 7.61. The SMILES string of the molecule is NCC[C@@H](O)c1ccc(Br)cc1. The topological polar surface area (TPSA) is 46.2 Å². The highest BCUT2D eigenvalue weighted by Crippen LogP contribution is 2.18. The lowest BCUT2D eigenvalue weighted by Gasteiger charge is -2.08. The van der Waals surface area contributed by atoms with Crippen LogP contribution >= 0.6 is 15.9 Å². The van der Waals surface area contributed by atoms with E-state index in [1.54, 1.807) is 0 Å². The van der Waals surface area contributed by atoms with Gasteiger partial charge in [-0.2, -0.15) is 0 Å². The first-order chi connectivity index (χ1) is 5.74. The molecule has 12 heavy (non-hydrogen) atoms. The molecule has 1 atom stereocenters. The van der Waals surface area contributed by atoms with Crippen LogP contribution in [0.25, 0.3) is 0 Å². The third kappa shape index (κ3) is 2.59. The third-order valence-electron chi connectivity index (χ3n) is 1.69. The summed E-state index contributed by atoms with van der Waals surface area (Å²) in [6.07, 6.45) is 0.185. The van der Waals surface area contributed by atoms with E-state index in [1.807, 2.05) is 24.3 Å². The average Bonchev–Trinajstić information content (AvgIpc) is 2.06. The Balaban J connectivity index is 2.68. The van der Waals surface area contributed by atoms with Gasteiger partial charge in [0.05, 0.1) is 6.10 Å². The fourth-order valence-electron chi connectivity index (χ4n) is 1.01. The van der Waals surface area contributed by atoms with Gasteiger partial charge in [0, 0.05) is 4.47 Å². The van der Waals surface area contributed by atoms with Gasteiger partial charge >= 0.3 is 0 Å². The highest BCUT2D eigenvalue weighted by Gasteiger charge is 2.04. The first-order valence-corrected chi connectivity index (χ1v) is 4.67. The standard InChI is InChI=1S/C9H12BrNO/c10-8-3-1-7(2-4-8)9(12)5-6-11/h1-4,9,12H,5-6,11H2/t9-/m1/s1. The van der Waals surface area contributed by atoms with Gasteiger partial charge in [0.1, 0.15) is 0 Å². The van der Waals surface area contributed by atoms with E-state index in [9.17, 15) is 5.11 Å². The lowest BCUT2D eigenvalue weighted by Crippen LogP contribution is -2.06. The van der Waals surface area contributed by atoms with Gasteiger partial charge in [0.25, 0.3) is 0 Å². The van der Waals surface area contributed by atoms with Crippen LogP contribution in [0.15, 0.2) is 28.7 Å². The van der Waals surface area contributed by atoms with Gasteiger partial charge < -0.3 is 10.8 Å². The van der Waals surface area contributed by atoms with Crippen molar-refractivity contribution in [1.29, 1.82) is 0 Å². The van der Waals surface area contributed by atoms with Crippen molar-refractivity contribution >= 4 is 15.9 Å². The van der Waals surface area contributed by atoms with Gasteiger partial charge in [-0.3, -0.25) is 0 Å². The molecule has 66 valence electrons. The molecule has 3 heteroatoms. The van der Waals surface area contributed by atoms with Crippen LogP contribution in [0.2, 0.25) is 0 Å². The molecule has 1 aromatic carbocycles. The molecule has 1 aromatic rings. The molecule has 0 aromatic heterocycles. The average molecular weight is 230 g/mol. The van der Waals surface area contributed by atoms with E-state index < -0.39 is 6.10 Å². The summed E-state index contributed by atoms with van der Waals surface area (Å²) < 4.78 is 1.02. The number of benzene rings is 1. The smallest absolute Gasteiger partial charge is 0.0802 e. The minimum Gasteiger partial charge on any atom is -0.388 e. The molecule has 0 bridgehead atoms. The second-order valence-corrected chi connectivity index (χ2v) is 3.56. The molecule has 0 aliphatic rings. The van der Waals surface area contributed by atoms with E-state index >= 15 is 0 Å². The zero-order valence-corrected chi connectivity index (χ0v) is 8.29. The summed E-state index contributed by atoms with van der Waals surface area (Å²) in [7, 11) is 0. The molecule has 3 N–H and O–H groups in total. The molecular weight excluding hydrogens is 218 g/mol. The van der Waals surface area contributed by atoms with Gasteiger partial charge in [-0.05, 0) is 30.7 Å². The number of halogens is 1. The Morgan fingerprint density at radius 3 is 2.42 bits per heavy atom. The molecule has 2 nitrogen and oxygen atoms in total. The summed E-state index contributed by atoms with van der Waals surface area (Å²) in [4.78, 5) is 0. The molecule has 1 rings (SSSR count). The lowest BCUT2D eigenvalue weighted by atomic mass is 10.1. The van der Waals surface area contributed by atoms with Crippen molar-refractivity contribution in [1.82, 2.24) is 0 Å². The third-order valence-corrected chi connectivity index (χ3v) is 2.22. The van der Waals surface area contributed by atoms with Crippen molar-refractivity contribution in [2.24, 2.45) is 5.73 Å². The molecule has 0 saturated carbocycles. The van der Waals surface area contributed by atoms with Crippen LogP contribution in [0, 0.1) is 0 Å². The molecule has 0 saturated heterocycles. The van der Waals surface area contributed by atoms with Crippen molar-refractivity contribution < 1.29 is 5.11 Å². The first-order valence-electron chi connectivity index (χ1n) is 3.87. The lowest BCUT2D eigenvalue weighted by molar-refractivity contribution is 0.170. The molecule has 0 heterocycles. The van der Waals surface area contributed by atoms with Crippen molar-refractivity contribution in [2.75, 3.05) is 6.54 Å². The zero-order chi connectivity index (χ0) is 8.97. The van der Waals surface area contributed by atoms with Gasteiger partial charge in [0.2, 0.25) is 0 Å². The predicted octanol–water partition coefficient (Wildman–Crippen LogP) is 1.83. The molecule has 0 spiro atoms. The number of hydrogen-bond donors (Lipinski definition) is 2. The quantitative estimate of drug-likeness (QED) is 0.832. The Kier molecular flexibility index (Phi) is 3.72. The predicted molar refractivity (Wildman–Crippen MR) is 52.8 cm³/mol. The number of hydrogen-bond acceptors (Lipinski definition) is 2. The van der Waals surface area contributed by atoms with E-state index in [1.165, 1.54) is 0 Å². The van der Waals surface area contributed by atoms with Crippen molar-refractivity contribution in [3.8, 4) is 0 Å². The Morgan fingerprint density at radius 2 is 1.92 bits per heavy atom. The van der Waals surface area contributed by atoms with E-state index in [4.69, 9.17) is 5.73 Å². The summed E-state index contributed by atoms with van der Waals surface area (Å²) >= 11 is 3.33. The highest BCUT2D eigenvalue weighted by molar-refractivity contribution is 9.10. The number of aliphatic hydroxyl groups is 1. The van der Waals surface area contributed by atoms with Crippen LogP contribution in [0.4, 0.5) is 0 Å². The van der Waals surface area contributed by atoms with Crippen LogP contribution in [-0.4, -0.2) is 11.7 Å². The van der Waals surface area contributed by atoms with E-state index in [-0.39, 0.29) is 0 Å². The van der Waals surface area contributed by atoms with Crippen LogP contribution in [0.3, 0.4) is 0 Å². The zero-order valence-electron chi connectivity index (χ0n) is 6.70. The summed E-state index contributed by atoms with van der Waals surface area (Å²) in [5.74, 6) is 0. The Bertz CT molecular complexity index is 235. The maximum Gasteiger partial charge on any atom is 0.0802 e. The summed E-state index contributed by atoms with van der Waals surface area (Å²) in [5.41, 5.74) is 6.25.